The maximum atomic E-state index is 12.6. The van der Waals surface area contributed by atoms with Crippen LogP contribution in [0.5, 0.6) is 0 Å². The summed E-state index contributed by atoms with van der Waals surface area (Å²) in [5.74, 6) is -2.26. The van der Waals surface area contributed by atoms with E-state index in [1.54, 1.807) is 12.1 Å². The molecule has 1 aromatic rings. The third-order valence-electron chi connectivity index (χ3n) is 4.02. The van der Waals surface area contributed by atoms with Crippen LogP contribution in [-0.2, 0) is 9.59 Å². The molecule has 2 aliphatic heterocycles. The summed E-state index contributed by atoms with van der Waals surface area (Å²) in [5.41, 5.74) is -1.03. The number of nitrogens with one attached hydrogen (secondary N) is 2. The van der Waals surface area contributed by atoms with Gasteiger partial charge in [0.2, 0.25) is 5.91 Å². The molecule has 0 radical (unpaired) electrons. The van der Waals surface area contributed by atoms with Crippen molar-refractivity contribution in [2.45, 2.75) is 18.4 Å². The van der Waals surface area contributed by atoms with Crippen LogP contribution in [-0.4, -0.2) is 40.6 Å². The molecule has 0 aromatic heterocycles. The van der Waals surface area contributed by atoms with E-state index in [-0.39, 0.29) is 30.5 Å². The van der Waals surface area contributed by atoms with Crippen molar-refractivity contribution in [1.29, 1.82) is 0 Å². The van der Waals surface area contributed by atoms with Crippen LogP contribution in [0.3, 0.4) is 0 Å². The van der Waals surface area contributed by atoms with Crippen LogP contribution in [0.4, 0.5) is 0 Å². The third-order valence-corrected chi connectivity index (χ3v) is 4.16. The Labute approximate surface area is 130 Å². The highest BCUT2D eigenvalue weighted by molar-refractivity contribution is 6.24. The molecule has 2 heterocycles. The largest absolute Gasteiger partial charge is 0.294 e. The monoisotopic (exact) mass is 321 g/mol. The fourth-order valence-corrected chi connectivity index (χ4v) is 3.11. The average Bonchev–Trinajstić information content (AvgIpc) is 2.76. The molecule has 0 bridgehead atoms. The average molecular weight is 322 g/mol. The van der Waals surface area contributed by atoms with Crippen molar-refractivity contribution in [3.63, 3.8) is 0 Å². The van der Waals surface area contributed by atoms with Gasteiger partial charge in [0.15, 0.2) is 0 Å². The van der Waals surface area contributed by atoms with Crippen LogP contribution >= 0.6 is 11.8 Å². The molecule has 4 amide bonds. The fourth-order valence-electron chi connectivity index (χ4n) is 2.89. The highest BCUT2D eigenvalue weighted by Crippen LogP contribution is 2.34. The maximum absolute atomic E-state index is 12.6. The van der Waals surface area contributed by atoms with E-state index in [1.165, 1.54) is 12.1 Å². The zero-order valence-corrected chi connectivity index (χ0v) is 12.1. The Morgan fingerprint density at radius 1 is 1.14 bits per heavy atom. The van der Waals surface area contributed by atoms with Crippen molar-refractivity contribution >= 4 is 35.4 Å². The Kier molecular flexibility index (Phi) is 3.46. The van der Waals surface area contributed by atoms with Gasteiger partial charge in [-0.05, 0) is 30.3 Å². The van der Waals surface area contributed by atoms with Crippen molar-refractivity contribution in [2.24, 2.45) is 0 Å². The molecule has 0 aliphatic carbocycles. The molecule has 3 rings (SSSR count). The van der Waals surface area contributed by atoms with Crippen LogP contribution in [0.2, 0.25) is 0 Å². The van der Waals surface area contributed by atoms with Gasteiger partial charge in [-0.1, -0.05) is 12.1 Å². The molecular weight excluding hydrogens is 310 g/mol. The summed E-state index contributed by atoms with van der Waals surface area (Å²) < 4.78 is 0. The molecule has 2 N–H and O–H groups in total. The number of halogens is 1. The van der Waals surface area contributed by atoms with E-state index < -0.39 is 29.2 Å². The summed E-state index contributed by atoms with van der Waals surface area (Å²) in [7, 11) is 0. The van der Waals surface area contributed by atoms with Crippen molar-refractivity contribution < 1.29 is 19.2 Å². The zero-order valence-electron chi connectivity index (χ0n) is 11.4. The van der Waals surface area contributed by atoms with Crippen molar-refractivity contribution in [2.75, 3.05) is 6.54 Å². The minimum absolute atomic E-state index is 0.0255. The minimum Gasteiger partial charge on any atom is -0.294 e. The number of hydrogen-bond acceptors (Lipinski definition) is 5. The van der Waals surface area contributed by atoms with E-state index in [2.05, 4.69) is 10.2 Å². The molecule has 1 aromatic carbocycles. The zero-order chi connectivity index (χ0) is 15.9. The Morgan fingerprint density at radius 2 is 1.73 bits per heavy atom. The van der Waals surface area contributed by atoms with Gasteiger partial charge in [0.05, 0.1) is 11.1 Å². The summed E-state index contributed by atoms with van der Waals surface area (Å²) in [6.07, 6.45) is 0.0561. The molecule has 22 heavy (non-hydrogen) atoms. The number of piperidine rings is 1. The van der Waals surface area contributed by atoms with Gasteiger partial charge in [0, 0.05) is 13.0 Å². The van der Waals surface area contributed by atoms with Gasteiger partial charge in [0.25, 0.3) is 17.7 Å². The van der Waals surface area contributed by atoms with Crippen molar-refractivity contribution in [1.82, 2.24) is 15.1 Å². The van der Waals surface area contributed by atoms with Gasteiger partial charge in [-0.2, -0.15) is 0 Å². The van der Waals surface area contributed by atoms with Crippen LogP contribution in [0.1, 0.15) is 33.6 Å². The molecule has 2 aliphatic rings. The quantitative estimate of drug-likeness (QED) is 0.612. The standard InChI is InChI=1S/C14H12ClN3O4/c15-16-7-14(6-5-10(19)17-13(14)22)18-11(20)8-3-1-2-4-9(8)12(18)21/h1-4,16H,5-7H2,(H,17,19,22). The number of carbonyl (C=O) groups is 4. The second kappa shape index (κ2) is 5.19. The molecule has 0 saturated carbocycles. The Hall–Kier alpha value is -2.25. The number of hydrogen-bond donors (Lipinski definition) is 2. The molecule has 0 spiro atoms. The first-order valence-corrected chi connectivity index (χ1v) is 7.05. The second-order valence-electron chi connectivity index (χ2n) is 5.21. The third kappa shape index (κ3) is 1.93. The summed E-state index contributed by atoms with van der Waals surface area (Å²) in [5, 5.41) is 2.18. The molecule has 1 unspecified atom stereocenters. The molecule has 8 heteroatoms. The van der Waals surface area contributed by atoms with Gasteiger partial charge < -0.3 is 0 Å². The lowest BCUT2D eigenvalue weighted by molar-refractivity contribution is -0.141. The highest BCUT2D eigenvalue weighted by atomic mass is 35.5. The van der Waals surface area contributed by atoms with Crippen LogP contribution in [0.15, 0.2) is 24.3 Å². The van der Waals surface area contributed by atoms with E-state index in [4.69, 9.17) is 11.8 Å². The lowest BCUT2D eigenvalue weighted by Crippen LogP contribution is -2.67. The number of carbonyl (C=O) groups excluding carboxylic acids is 4. The summed E-state index contributed by atoms with van der Waals surface area (Å²) in [4.78, 5) is 52.2. The number of fused-ring (bicyclic) bond motifs is 1. The van der Waals surface area contributed by atoms with Crippen LogP contribution < -0.4 is 10.2 Å². The van der Waals surface area contributed by atoms with E-state index >= 15 is 0 Å². The number of benzene rings is 1. The SMILES string of the molecule is O=C1CCC(CNCl)(N2C(=O)c3ccccc3C2=O)C(=O)N1. The maximum Gasteiger partial charge on any atom is 0.262 e. The summed E-state index contributed by atoms with van der Waals surface area (Å²) >= 11 is 5.55. The van der Waals surface area contributed by atoms with Crippen molar-refractivity contribution in [3.05, 3.63) is 35.4 Å². The number of imide groups is 2. The highest BCUT2D eigenvalue weighted by Gasteiger charge is 2.55. The Balaban J connectivity index is 2.08. The van der Waals surface area contributed by atoms with Gasteiger partial charge >= 0.3 is 0 Å². The van der Waals surface area contributed by atoms with E-state index in [0.29, 0.717) is 0 Å². The summed E-state index contributed by atoms with van der Waals surface area (Å²) in [6, 6.07) is 6.35. The topological polar surface area (TPSA) is 95.6 Å². The summed E-state index contributed by atoms with van der Waals surface area (Å²) in [6.45, 7) is -0.140. The van der Waals surface area contributed by atoms with Gasteiger partial charge in [-0.25, -0.2) is 4.84 Å². The van der Waals surface area contributed by atoms with E-state index in [1.807, 2.05) is 0 Å². The first-order chi connectivity index (χ1) is 10.5. The molecule has 7 nitrogen and oxygen atoms in total. The van der Waals surface area contributed by atoms with E-state index in [9.17, 15) is 19.2 Å². The number of nitrogens with zero attached hydrogens (tertiary/aromatic N) is 1. The first-order valence-electron chi connectivity index (χ1n) is 6.67. The lowest BCUT2D eigenvalue weighted by atomic mass is 9.87. The smallest absolute Gasteiger partial charge is 0.262 e. The van der Waals surface area contributed by atoms with Crippen LogP contribution in [0.25, 0.3) is 0 Å². The van der Waals surface area contributed by atoms with Gasteiger partial charge in [0.1, 0.15) is 5.54 Å². The predicted octanol–water partition coefficient (Wildman–Crippen LogP) is 0.201. The first kappa shape index (κ1) is 14.7. The minimum atomic E-state index is -1.51. The number of rotatable bonds is 3. The van der Waals surface area contributed by atoms with Gasteiger partial charge in [-0.3, -0.25) is 29.4 Å². The molecule has 1 fully saturated rings. The molecular formula is C14H12ClN3O4. The lowest BCUT2D eigenvalue weighted by Gasteiger charge is -2.40. The Bertz CT molecular complexity index is 670. The van der Waals surface area contributed by atoms with Crippen LogP contribution in [0, 0.1) is 0 Å². The van der Waals surface area contributed by atoms with Crippen molar-refractivity contribution in [3.8, 4) is 0 Å². The normalized spacial score (nSPS) is 24.5. The number of amides is 4. The second-order valence-corrected chi connectivity index (χ2v) is 5.48. The molecule has 1 atom stereocenters. The molecule has 114 valence electrons. The van der Waals surface area contributed by atoms with Gasteiger partial charge in [-0.15, -0.1) is 0 Å². The predicted molar refractivity (Wildman–Crippen MR) is 75.9 cm³/mol. The van der Waals surface area contributed by atoms with E-state index in [0.717, 1.165) is 4.90 Å². The Morgan fingerprint density at radius 3 is 2.23 bits per heavy atom. The fraction of sp³-hybridized carbons (Fsp3) is 0.286. The molecule has 1 saturated heterocycles.